The molecule has 2 aromatic rings. The minimum atomic E-state index is 0.708. The highest BCUT2D eigenvalue weighted by molar-refractivity contribution is 5.39. The molecule has 2 N–H and O–H groups in total. The van der Waals surface area contributed by atoms with Crippen molar-refractivity contribution >= 4 is 5.69 Å². The first kappa shape index (κ1) is 15.1. The van der Waals surface area contributed by atoms with Crippen molar-refractivity contribution in [3.05, 3.63) is 65.2 Å². The first-order chi connectivity index (χ1) is 10.2. The van der Waals surface area contributed by atoms with Crippen LogP contribution in [0.2, 0.25) is 0 Å². The summed E-state index contributed by atoms with van der Waals surface area (Å²) in [6, 6.07) is 18.0. The number of nitrogens with two attached hydrogens (primary N) is 1. The second-order valence-electron chi connectivity index (χ2n) is 5.26. The highest BCUT2D eigenvalue weighted by Gasteiger charge is 2.06. The van der Waals surface area contributed by atoms with Crippen LogP contribution in [0.1, 0.15) is 30.0 Å². The summed E-state index contributed by atoms with van der Waals surface area (Å²) in [6.07, 6.45) is 1.12. The Hall–Kier alpha value is -2.31. The quantitative estimate of drug-likeness (QED) is 0.823. The minimum Gasteiger partial charge on any atom is -0.399 e. The average molecular weight is 279 g/mol. The van der Waals surface area contributed by atoms with Gasteiger partial charge in [-0.05, 0) is 48.4 Å². The molecule has 0 aliphatic heterocycles. The maximum Gasteiger partial charge on any atom is 0.0991 e. The van der Waals surface area contributed by atoms with E-state index < -0.39 is 0 Å². The molecule has 0 bridgehead atoms. The van der Waals surface area contributed by atoms with Gasteiger partial charge in [0.1, 0.15) is 0 Å². The zero-order valence-electron chi connectivity index (χ0n) is 12.4. The fourth-order valence-corrected chi connectivity index (χ4v) is 2.35. The molecule has 0 saturated heterocycles. The van der Waals surface area contributed by atoms with E-state index in [0.717, 1.165) is 31.7 Å². The lowest BCUT2D eigenvalue weighted by molar-refractivity contribution is 0.257. The highest BCUT2D eigenvalue weighted by atomic mass is 15.1. The van der Waals surface area contributed by atoms with Gasteiger partial charge in [0.2, 0.25) is 0 Å². The number of nitriles is 1. The van der Waals surface area contributed by atoms with Crippen molar-refractivity contribution in [3.8, 4) is 6.07 Å². The molecule has 0 aliphatic carbocycles. The van der Waals surface area contributed by atoms with Gasteiger partial charge in [-0.3, -0.25) is 4.90 Å². The standard InChI is InChI=1S/C18H21N3/c1-2-11-21(14-17-7-9-18(20)10-8-17)13-16-5-3-15(12-19)4-6-16/h3-10H,2,11,13-14,20H2,1H3. The molecule has 0 spiro atoms. The SMILES string of the molecule is CCCN(Cc1ccc(N)cc1)Cc1ccc(C#N)cc1. The fourth-order valence-electron chi connectivity index (χ4n) is 2.35. The van der Waals surface area contributed by atoms with Gasteiger partial charge in [-0.25, -0.2) is 0 Å². The third kappa shape index (κ3) is 4.62. The van der Waals surface area contributed by atoms with Crippen molar-refractivity contribution < 1.29 is 0 Å². The lowest BCUT2D eigenvalue weighted by Crippen LogP contribution is -2.23. The van der Waals surface area contributed by atoms with Gasteiger partial charge in [-0.1, -0.05) is 31.2 Å². The van der Waals surface area contributed by atoms with E-state index in [4.69, 9.17) is 11.0 Å². The molecular formula is C18H21N3. The molecule has 3 nitrogen and oxygen atoms in total. The number of anilines is 1. The summed E-state index contributed by atoms with van der Waals surface area (Å²) in [6.45, 7) is 5.04. The summed E-state index contributed by atoms with van der Waals surface area (Å²) in [5, 5.41) is 8.84. The van der Waals surface area contributed by atoms with E-state index in [0.29, 0.717) is 5.56 Å². The third-order valence-electron chi connectivity index (χ3n) is 3.41. The molecule has 0 saturated carbocycles. The van der Waals surface area contributed by atoms with Crippen LogP contribution < -0.4 is 5.73 Å². The van der Waals surface area contributed by atoms with Gasteiger partial charge in [-0.15, -0.1) is 0 Å². The summed E-state index contributed by atoms with van der Waals surface area (Å²) in [5.41, 5.74) is 9.74. The largest absolute Gasteiger partial charge is 0.399 e. The zero-order chi connectivity index (χ0) is 15.1. The Morgan fingerprint density at radius 1 is 0.952 bits per heavy atom. The number of benzene rings is 2. The smallest absolute Gasteiger partial charge is 0.0991 e. The summed E-state index contributed by atoms with van der Waals surface area (Å²) in [7, 11) is 0. The Kier molecular flexibility index (Phi) is 5.36. The molecule has 2 rings (SSSR count). The molecule has 0 atom stereocenters. The second-order valence-corrected chi connectivity index (χ2v) is 5.26. The normalized spacial score (nSPS) is 10.5. The van der Waals surface area contributed by atoms with E-state index in [1.807, 2.05) is 36.4 Å². The summed E-state index contributed by atoms with van der Waals surface area (Å²) < 4.78 is 0. The van der Waals surface area contributed by atoms with Crippen LogP contribution in [0.4, 0.5) is 5.69 Å². The Bertz CT molecular complexity index is 594. The summed E-state index contributed by atoms with van der Waals surface area (Å²) >= 11 is 0. The third-order valence-corrected chi connectivity index (χ3v) is 3.41. The Morgan fingerprint density at radius 3 is 1.95 bits per heavy atom. The molecule has 21 heavy (non-hydrogen) atoms. The van der Waals surface area contributed by atoms with Gasteiger partial charge in [-0.2, -0.15) is 5.26 Å². The van der Waals surface area contributed by atoms with Crippen LogP contribution in [0.5, 0.6) is 0 Å². The number of hydrogen-bond acceptors (Lipinski definition) is 3. The maximum atomic E-state index is 8.84. The number of nitrogen functional groups attached to an aromatic ring is 1. The lowest BCUT2D eigenvalue weighted by Gasteiger charge is -2.22. The Balaban J connectivity index is 2.04. The van der Waals surface area contributed by atoms with E-state index in [-0.39, 0.29) is 0 Å². The van der Waals surface area contributed by atoms with Crippen molar-refractivity contribution in [1.29, 1.82) is 5.26 Å². The van der Waals surface area contributed by atoms with Crippen molar-refractivity contribution in [1.82, 2.24) is 4.90 Å². The van der Waals surface area contributed by atoms with E-state index in [2.05, 4.69) is 30.0 Å². The van der Waals surface area contributed by atoms with Crippen molar-refractivity contribution in [2.75, 3.05) is 12.3 Å². The predicted molar refractivity (Wildman–Crippen MR) is 86.4 cm³/mol. The zero-order valence-corrected chi connectivity index (χ0v) is 12.4. The van der Waals surface area contributed by atoms with Crippen LogP contribution in [0, 0.1) is 11.3 Å². The molecule has 0 fully saturated rings. The van der Waals surface area contributed by atoms with Crippen LogP contribution >= 0.6 is 0 Å². The van der Waals surface area contributed by atoms with Crippen LogP contribution in [0.3, 0.4) is 0 Å². The summed E-state index contributed by atoms with van der Waals surface area (Å²) in [4.78, 5) is 2.41. The maximum absolute atomic E-state index is 8.84. The first-order valence-electron chi connectivity index (χ1n) is 7.27. The molecule has 108 valence electrons. The van der Waals surface area contributed by atoms with Crippen molar-refractivity contribution in [3.63, 3.8) is 0 Å². The first-order valence-corrected chi connectivity index (χ1v) is 7.27. The van der Waals surface area contributed by atoms with Gasteiger partial charge >= 0.3 is 0 Å². The Morgan fingerprint density at radius 2 is 1.48 bits per heavy atom. The van der Waals surface area contributed by atoms with Crippen LogP contribution in [0.15, 0.2) is 48.5 Å². The monoisotopic (exact) mass is 279 g/mol. The molecule has 0 unspecified atom stereocenters. The van der Waals surface area contributed by atoms with Crippen LogP contribution in [-0.2, 0) is 13.1 Å². The molecular weight excluding hydrogens is 258 g/mol. The van der Waals surface area contributed by atoms with E-state index in [9.17, 15) is 0 Å². The highest BCUT2D eigenvalue weighted by Crippen LogP contribution is 2.13. The topological polar surface area (TPSA) is 53.0 Å². The summed E-state index contributed by atoms with van der Waals surface area (Å²) in [5.74, 6) is 0. The lowest BCUT2D eigenvalue weighted by atomic mass is 10.1. The molecule has 0 aromatic heterocycles. The molecule has 3 heteroatoms. The number of nitrogens with zero attached hydrogens (tertiary/aromatic N) is 2. The van der Waals surface area contributed by atoms with Gasteiger partial charge in [0.15, 0.2) is 0 Å². The average Bonchev–Trinajstić information content (AvgIpc) is 2.50. The molecule has 0 heterocycles. The molecule has 0 amide bonds. The number of rotatable bonds is 6. The van der Waals surface area contributed by atoms with Gasteiger partial charge in [0, 0.05) is 18.8 Å². The molecule has 0 radical (unpaired) electrons. The Labute approximate surface area is 126 Å². The van der Waals surface area contributed by atoms with Gasteiger partial charge in [0.05, 0.1) is 11.6 Å². The fraction of sp³-hybridized carbons (Fsp3) is 0.278. The van der Waals surface area contributed by atoms with Crippen molar-refractivity contribution in [2.45, 2.75) is 26.4 Å². The van der Waals surface area contributed by atoms with Gasteiger partial charge in [0.25, 0.3) is 0 Å². The minimum absolute atomic E-state index is 0.708. The molecule has 2 aromatic carbocycles. The number of hydrogen-bond donors (Lipinski definition) is 1. The predicted octanol–water partition coefficient (Wildman–Crippen LogP) is 3.55. The van der Waals surface area contributed by atoms with Crippen molar-refractivity contribution in [2.24, 2.45) is 0 Å². The van der Waals surface area contributed by atoms with E-state index in [1.165, 1.54) is 11.1 Å². The molecule has 0 aliphatic rings. The van der Waals surface area contributed by atoms with Crippen LogP contribution in [0.25, 0.3) is 0 Å². The second kappa shape index (κ2) is 7.47. The van der Waals surface area contributed by atoms with E-state index in [1.54, 1.807) is 0 Å². The van der Waals surface area contributed by atoms with E-state index >= 15 is 0 Å². The van der Waals surface area contributed by atoms with Crippen LogP contribution in [-0.4, -0.2) is 11.4 Å². The van der Waals surface area contributed by atoms with Gasteiger partial charge < -0.3 is 5.73 Å².